The summed E-state index contributed by atoms with van der Waals surface area (Å²) < 4.78 is 24.5. The summed E-state index contributed by atoms with van der Waals surface area (Å²) in [5, 5.41) is 10.6. The Kier molecular flexibility index (Phi) is 3.88. The lowest BCUT2D eigenvalue weighted by Crippen LogP contribution is -2.39. The van der Waals surface area contributed by atoms with Gasteiger partial charge in [0.25, 0.3) is 0 Å². The number of halogens is 1. The van der Waals surface area contributed by atoms with Crippen molar-refractivity contribution in [2.45, 2.75) is 37.9 Å². The molecule has 0 radical (unpaired) electrons. The van der Waals surface area contributed by atoms with E-state index in [1.807, 2.05) is 6.92 Å². The molecule has 2 rings (SSSR count). The van der Waals surface area contributed by atoms with Gasteiger partial charge in [0.1, 0.15) is 11.6 Å². The predicted octanol–water partition coefficient (Wildman–Crippen LogP) is 2.61. The second-order valence-corrected chi connectivity index (χ2v) is 4.73. The van der Waals surface area contributed by atoms with Gasteiger partial charge in [0, 0.05) is 24.5 Å². The minimum Gasteiger partial charge on any atom is -0.497 e. The molecule has 1 N–H and O–H groups in total. The van der Waals surface area contributed by atoms with Crippen molar-refractivity contribution >= 4 is 0 Å². The van der Waals surface area contributed by atoms with E-state index in [1.165, 1.54) is 13.2 Å². The predicted molar refractivity (Wildman–Crippen MR) is 66.1 cm³/mol. The molecule has 18 heavy (non-hydrogen) atoms. The molecule has 0 amide bonds. The van der Waals surface area contributed by atoms with Crippen molar-refractivity contribution in [1.82, 2.24) is 0 Å². The van der Waals surface area contributed by atoms with E-state index in [2.05, 4.69) is 0 Å². The summed E-state index contributed by atoms with van der Waals surface area (Å²) in [4.78, 5) is 0. The van der Waals surface area contributed by atoms with E-state index in [0.29, 0.717) is 30.8 Å². The molecule has 1 heterocycles. The maximum Gasteiger partial charge on any atom is 0.132 e. The highest BCUT2D eigenvalue weighted by molar-refractivity contribution is 5.32. The molecular weight excluding hydrogens is 235 g/mol. The average molecular weight is 254 g/mol. The van der Waals surface area contributed by atoms with Crippen molar-refractivity contribution in [3.63, 3.8) is 0 Å². The molecule has 1 fully saturated rings. The normalized spacial score (nSPS) is 28.1. The van der Waals surface area contributed by atoms with Crippen LogP contribution in [0.4, 0.5) is 4.39 Å². The molecule has 0 aliphatic carbocycles. The lowest BCUT2D eigenvalue weighted by atomic mass is 9.83. The lowest BCUT2D eigenvalue weighted by Gasteiger charge is -2.37. The van der Waals surface area contributed by atoms with E-state index in [9.17, 15) is 9.50 Å². The minimum absolute atomic E-state index is 0.00903. The van der Waals surface area contributed by atoms with Gasteiger partial charge in [0.2, 0.25) is 0 Å². The number of rotatable bonds is 3. The van der Waals surface area contributed by atoms with Crippen LogP contribution >= 0.6 is 0 Å². The smallest absolute Gasteiger partial charge is 0.132 e. The maximum atomic E-state index is 14.0. The Morgan fingerprint density at radius 3 is 2.94 bits per heavy atom. The number of benzene rings is 1. The zero-order valence-corrected chi connectivity index (χ0v) is 10.8. The molecule has 2 atom stereocenters. The van der Waals surface area contributed by atoms with E-state index >= 15 is 0 Å². The van der Waals surface area contributed by atoms with Crippen LogP contribution < -0.4 is 4.74 Å². The largest absolute Gasteiger partial charge is 0.497 e. The summed E-state index contributed by atoms with van der Waals surface area (Å²) >= 11 is 0. The highest BCUT2D eigenvalue weighted by atomic mass is 19.1. The van der Waals surface area contributed by atoms with Gasteiger partial charge in [0.05, 0.1) is 25.4 Å². The van der Waals surface area contributed by atoms with Gasteiger partial charge in [-0.05, 0) is 18.6 Å². The van der Waals surface area contributed by atoms with E-state index in [4.69, 9.17) is 9.47 Å². The third kappa shape index (κ3) is 2.49. The summed E-state index contributed by atoms with van der Waals surface area (Å²) in [6.45, 7) is 2.46. The van der Waals surface area contributed by atoms with Gasteiger partial charge in [-0.1, -0.05) is 6.92 Å². The molecule has 1 saturated heterocycles. The summed E-state index contributed by atoms with van der Waals surface area (Å²) in [5.41, 5.74) is -0.792. The maximum absolute atomic E-state index is 14.0. The third-order valence-electron chi connectivity index (χ3n) is 3.57. The molecule has 2 unspecified atom stereocenters. The van der Waals surface area contributed by atoms with E-state index in [-0.39, 0.29) is 6.10 Å². The van der Waals surface area contributed by atoms with Crippen LogP contribution in [-0.2, 0) is 10.3 Å². The Hall–Kier alpha value is -1.13. The van der Waals surface area contributed by atoms with E-state index in [0.717, 1.165) is 6.42 Å². The molecule has 3 nitrogen and oxygen atoms in total. The SMILES string of the molecule is CCC1CC(O)(c2ccc(OC)cc2F)CCO1. The van der Waals surface area contributed by atoms with Crippen LogP contribution in [0.1, 0.15) is 31.7 Å². The molecule has 1 aliphatic heterocycles. The summed E-state index contributed by atoms with van der Waals surface area (Å²) in [5.74, 6) is 0.0348. The fourth-order valence-electron chi connectivity index (χ4n) is 2.44. The Morgan fingerprint density at radius 2 is 2.33 bits per heavy atom. The van der Waals surface area contributed by atoms with Crippen molar-refractivity contribution in [2.24, 2.45) is 0 Å². The van der Waals surface area contributed by atoms with Gasteiger partial charge in [-0.2, -0.15) is 0 Å². The number of ether oxygens (including phenoxy) is 2. The molecular formula is C14H19FO3. The lowest BCUT2D eigenvalue weighted by molar-refractivity contribution is -0.110. The van der Waals surface area contributed by atoms with Crippen LogP contribution in [0.3, 0.4) is 0 Å². The molecule has 100 valence electrons. The van der Waals surface area contributed by atoms with Crippen molar-refractivity contribution in [1.29, 1.82) is 0 Å². The Bertz CT molecular complexity index is 422. The van der Waals surface area contributed by atoms with Crippen molar-refractivity contribution < 1.29 is 19.0 Å². The highest BCUT2D eigenvalue weighted by Crippen LogP contribution is 2.37. The van der Waals surface area contributed by atoms with E-state index < -0.39 is 11.4 Å². The fraction of sp³-hybridized carbons (Fsp3) is 0.571. The monoisotopic (exact) mass is 254 g/mol. The third-order valence-corrected chi connectivity index (χ3v) is 3.57. The van der Waals surface area contributed by atoms with Crippen LogP contribution in [-0.4, -0.2) is 24.9 Å². The Morgan fingerprint density at radius 1 is 1.56 bits per heavy atom. The van der Waals surface area contributed by atoms with Crippen LogP contribution in [0.2, 0.25) is 0 Å². The average Bonchev–Trinajstić information content (AvgIpc) is 2.38. The standard InChI is InChI=1S/C14H19FO3/c1-3-10-9-14(16,6-7-18-10)12-5-4-11(17-2)8-13(12)15/h4-5,8,10,16H,3,6-7,9H2,1-2H3. The second-order valence-electron chi connectivity index (χ2n) is 4.73. The molecule has 1 aromatic carbocycles. The first-order valence-electron chi connectivity index (χ1n) is 6.27. The molecule has 0 spiro atoms. The Balaban J connectivity index is 2.29. The number of methoxy groups -OCH3 is 1. The zero-order chi connectivity index (χ0) is 13.2. The molecule has 4 heteroatoms. The van der Waals surface area contributed by atoms with Gasteiger partial charge < -0.3 is 14.6 Å². The molecule has 1 aliphatic rings. The number of hydrogen-bond donors (Lipinski definition) is 1. The zero-order valence-electron chi connectivity index (χ0n) is 10.8. The summed E-state index contributed by atoms with van der Waals surface area (Å²) in [6, 6.07) is 4.59. The van der Waals surface area contributed by atoms with Gasteiger partial charge in [-0.15, -0.1) is 0 Å². The van der Waals surface area contributed by atoms with Crippen LogP contribution in [0, 0.1) is 5.82 Å². The summed E-state index contributed by atoms with van der Waals surface area (Å²) in [6.07, 6.45) is 1.67. The van der Waals surface area contributed by atoms with Gasteiger partial charge in [-0.3, -0.25) is 0 Å². The number of hydrogen-bond acceptors (Lipinski definition) is 3. The van der Waals surface area contributed by atoms with Crippen LogP contribution in [0.15, 0.2) is 18.2 Å². The molecule has 0 bridgehead atoms. The fourth-order valence-corrected chi connectivity index (χ4v) is 2.44. The first kappa shape index (κ1) is 13.3. The quantitative estimate of drug-likeness (QED) is 0.901. The van der Waals surface area contributed by atoms with Gasteiger partial charge in [0.15, 0.2) is 0 Å². The van der Waals surface area contributed by atoms with Crippen molar-refractivity contribution in [3.8, 4) is 5.75 Å². The summed E-state index contributed by atoms with van der Waals surface area (Å²) in [7, 11) is 1.49. The molecule has 0 saturated carbocycles. The first-order valence-corrected chi connectivity index (χ1v) is 6.27. The number of aliphatic hydroxyl groups is 1. The first-order chi connectivity index (χ1) is 8.59. The van der Waals surface area contributed by atoms with Crippen molar-refractivity contribution in [2.75, 3.05) is 13.7 Å². The van der Waals surface area contributed by atoms with Gasteiger partial charge >= 0.3 is 0 Å². The second kappa shape index (κ2) is 5.24. The molecule has 1 aromatic rings. The minimum atomic E-state index is -1.13. The van der Waals surface area contributed by atoms with Gasteiger partial charge in [-0.25, -0.2) is 4.39 Å². The Labute approximate surface area is 107 Å². The van der Waals surface area contributed by atoms with Crippen LogP contribution in [0.25, 0.3) is 0 Å². The topological polar surface area (TPSA) is 38.7 Å². The van der Waals surface area contributed by atoms with E-state index in [1.54, 1.807) is 12.1 Å². The van der Waals surface area contributed by atoms with Crippen LogP contribution in [0.5, 0.6) is 5.75 Å². The van der Waals surface area contributed by atoms with Crippen molar-refractivity contribution in [3.05, 3.63) is 29.6 Å². The molecule has 0 aromatic heterocycles. The highest BCUT2D eigenvalue weighted by Gasteiger charge is 2.37.